The lowest BCUT2D eigenvalue weighted by Crippen LogP contribution is -2.29. The Balaban J connectivity index is 1.83. The summed E-state index contributed by atoms with van der Waals surface area (Å²) in [7, 11) is -3.60. The van der Waals surface area contributed by atoms with E-state index < -0.39 is 15.9 Å². The average Bonchev–Trinajstić information content (AvgIpc) is 2.84. The van der Waals surface area contributed by atoms with Crippen LogP contribution in [0.3, 0.4) is 0 Å². The van der Waals surface area contributed by atoms with E-state index >= 15 is 0 Å². The van der Waals surface area contributed by atoms with E-state index in [2.05, 4.69) is 5.32 Å². The summed E-state index contributed by atoms with van der Waals surface area (Å²) in [5.41, 5.74) is 3.31. The number of hydrogen-bond acceptors (Lipinski definition) is 4. The summed E-state index contributed by atoms with van der Waals surface area (Å²) < 4.78 is 24.7. The lowest BCUT2D eigenvalue weighted by atomic mass is 10.1. The van der Waals surface area contributed by atoms with Gasteiger partial charge in [-0.2, -0.15) is 0 Å². The molecule has 1 fully saturated rings. The first kappa shape index (κ1) is 17.2. The largest absolute Gasteiger partial charge is 0.322 e. The van der Waals surface area contributed by atoms with Crippen LogP contribution in [0.4, 0.5) is 11.4 Å². The van der Waals surface area contributed by atoms with Gasteiger partial charge in [-0.3, -0.25) is 9.59 Å². The van der Waals surface area contributed by atoms with Crippen LogP contribution in [0, 0.1) is 13.8 Å². The van der Waals surface area contributed by atoms with Crippen molar-refractivity contribution in [3.8, 4) is 0 Å². The maximum Gasteiger partial charge on any atom is 0.255 e. The van der Waals surface area contributed by atoms with Crippen molar-refractivity contribution in [2.45, 2.75) is 20.3 Å². The minimum Gasteiger partial charge on any atom is -0.322 e. The topological polar surface area (TPSA) is 83.6 Å². The van der Waals surface area contributed by atoms with Gasteiger partial charge in [-0.15, -0.1) is 0 Å². The molecule has 1 aliphatic heterocycles. The molecule has 1 heterocycles. The fraction of sp³-hybridized carbons (Fsp3) is 0.222. The van der Waals surface area contributed by atoms with Gasteiger partial charge in [0, 0.05) is 17.7 Å². The molecule has 130 valence electrons. The third kappa shape index (κ3) is 3.28. The second kappa shape index (κ2) is 6.33. The number of nitrogens with one attached hydrogen (secondary N) is 1. The highest BCUT2D eigenvalue weighted by molar-refractivity contribution is 7.94. The summed E-state index contributed by atoms with van der Waals surface area (Å²) in [4.78, 5) is 24.2. The molecule has 1 saturated heterocycles. The van der Waals surface area contributed by atoms with Crippen molar-refractivity contribution in [3.63, 3.8) is 0 Å². The average molecular weight is 358 g/mol. The van der Waals surface area contributed by atoms with Crippen molar-refractivity contribution < 1.29 is 18.0 Å². The van der Waals surface area contributed by atoms with Crippen LogP contribution in [0.15, 0.2) is 42.5 Å². The number of aryl methyl sites for hydroxylation is 2. The third-order valence-corrected chi connectivity index (χ3v) is 5.85. The molecule has 25 heavy (non-hydrogen) atoms. The minimum absolute atomic E-state index is 0.0167. The Bertz CT molecular complexity index is 929. The zero-order valence-corrected chi connectivity index (χ0v) is 14.8. The summed E-state index contributed by atoms with van der Waals surface area (Å²) in [5, 5.41) is 2.87. The molecule has 0 atom stereocenters. The molecule has 2 aromatic rings. The Morgan fingerprint density at radius 2 is 1.64 bits per heavy atom. The van der Waals surface area contributed by atoms with Gasteiger partial charge in [-0.25, -0.2) is 12.7 Å². The summed E-state index contributed by atoms with van der Waals surface area (Å²) in [6, 6.07) is 11.7. The number of benzene rings is 2. The molecule has 0 saturated carbocycles. The normalized spacial score (nSPS) is 16.1. The molecule has 1 N–H and O–H groups in total. The van der Waals surface area contributed by atoms with Gasteiger partial charge in [-0.05, 0) is 49.2 Å². The van der Waals surface area contributed by atoms with Crippen molar-refractivity contribution in [2.75, 3.05) is 15.4 Å². The smallest absolute Gasteiger partial charge is 0.255 e. The molecule has 2 aromatic carbocycles. The molecule has 6 nitrogen and oxygen atoms in total. The third-order valence-electron chi connectivity index (χ3n) is 4.16. The van der Waals surface area contributed by atoms with Gasteiger partial charge in [0.15, 0.2) is 0 Å². The number of anilines is 2. The molecule has 0 unspecified atom stereocenters. The predicted molar refractivity (Wildman–Crippen MR) is 96.2 cm³/mol. The quantitative estimate of drug-likeness (QED) is 0.914. The van der Waals surface area contributed by atoms with Crippen molar-refractivity contribution in [2.24, 2.45) is 0 Å². The molecule has 7 heteroatoms. The Morgan fingerprint density at radius 3 is 2.16 bits per heavy atom. The van der Waals surface area contributed by atoms with Gasteiger partial charge in [-0.1, -0.05) is 18.2 Å². The van der Waals surface area contributed by atoms with Gasteiger partial charge < -0.3 is 5.32 Å². The van der Waals surface area contributed by atoms with E-state index in [9.17, 15) is 18.0 Å². The first-order valence-electron chi connectivity index (χ1n) is 7.83. The van der Waals surface area contributed by atoms with Crippen LogP contribution >= 0.6 is 0 Å². The number of hydrogen-bond donors (Lipinski definition) is 1. The molecular weight excluding hydrogens is 340 g/mol. The maximum absolute atomic E-state index is 12.4. The molecule has 0 aliphatic carbocycles. The van der Waals surface area contributed by atoms with E-state index in [4.69, 9.17) is 0 Å². The number of sulfonamides is 1. The molecule has 0 aromatic heterocycles. The summed E-state index contributed by atoms with van der Waals surface area (Å²) in [6.07, 6.45) is -0.0167. The monoisotopic (exact) mass is 358 g/mol. The van der Waals surface area contributed by atoms with Crippen LogP contribution in [0.25, 0.3) is 0 Å². The highest BCUT2D eigenvalue weighted by Crippen LogP contribution is 2.26. The number of rotatable bonds is 3. The standard InChI is InChI=1S/C18H18N2O4S/c1-12-4-3-5-13(2)17(12)19-18(22)14-6-8-15(9-7-14)20-16(21)10-11-25(20,23)24/h3-9H,10-11H2,1-2H3,(H,19,22). The van der Waals surface area contributed by atoms with E-state index in [1.165, 1.54) is 24.3 Å². The molecule has 3 rings (SSSR count). The zero-order chi connectivity index (χ0) is 18.2. The van der Waals surface area contributed by atoms with Crippen LogP contribution in [-0.4, -0.2) is 26.0 Å². The summed E-state index contributed by atoms with van der Waals surface area (Å²) in [5.74, 6) is -0.923. The second-order valence-electron chi connectivity index (χ2n) is 5.99. The fourth-order valence-electron chi connectivity index (χ4n) is 2.81. The van der Waals surface area contributed by atoms with E-state index in [-0.39, 0.29) is 23.8 Å². The Kier molecular flexibility index (Phi) is 4.34. The maximum atomic E-state index is 12.4. The fourth-order valence-corrected chi connectivity index (χ4v) is 4.27. The number of para-hydroxylation sites is 1. The highest BCUT2D eigenvalue weighted by atomic mass is 32.2. The first-order chi connectivity index (χ1) is 11.8. The lowest BCUT2D eigenvalue weighted by Gasteiger charge is -2.15. The van der Waals surface area contributed by atoms with Crippen molar-refractivity contribution in [3.05, 3.63) is 59.2 Å². The van der Waals surface area contributed by atoms with Gasteiger partial charge in [0.2, 0.25) is 15.9 Å². The lowest BCUT2D eigenvalue weighted by molar-refractivity contribution is -0.116. The van der Waals surface area contributed by atoms with Crippen LogP contribution in [0.5, 0.6) is 0 Å². The zero-order valence-electron chi connectivity index (χ0n) is 13.9. The SMILES string of the molecule is Cc1cccc(C)c1NC(=O)c1ccc(N2C(=O)CCS2(=O)=O)cc1. The van der Waals surface area contributed by atoms with Crippen molar-refractivity contribution in [1.29, 1.82) is 0 Å². The number of carbonyl (C=O) groups is 2. The highest BCUT2D eigenvalue weighted by Gasteiger charge is 2.36. The summed E-state index contributed by atoms with van der Waals surface area (Å²) in [6.45, 7) is 3.82. The molecule has 1 aliphatic rings. The van der Waals surface area contributed by atoms with Gasteiger partial charge in [0.05, 0.1) is 11.4 Å². The van der Waals surface area contributed by atoms with Crippen molar-refractivity contribution in [1.82, 2.24) is 0 Å². The van der Waals surface area contributed by atoms with E-state index in [0.717, 1.165) is 21.1 Å². The molecule has 0 spiro atoms. The van der Waals surface area contributed by atoms with Crippen LogP contribution in [0.2, 0.25) is 0 Å². The molecule has 2 amide bonds. The van der Waals surface area contributed by atoms with E-state index in [1.54, 1.807) is 0 Å². The Morgan fingerprint density at radius 1 is 1.04 bits per heavy atom. The predicted octanol–water partition coefficient (Wildman–Crippen LogP) is 2.62. The number of carbonyl (C=O) groups excluding carboxylic acids is 2. The number of amides is 2. The van der Waals surface area contributed by atoms with Crippen LogP contribution < -0.4 is 9.62 Å². The van der Waals surface area contributed by atoms with Gasteiger partial charge in [0.25, 0.3) is 5.91 Å². The summed E-state index contributed by atoms with van der Waals surface area (Å²) >= 11 is 0. The molecule has 0 radical (unpaired) electrons. The van der Waals surface area contributed by atoms with Crippen LogP contribution in [-0.2, 0) is 14.8 Å². The minimum atomic E-state index is -3.60. The van der Waals surface area contributed by atoms with E-state index in [1.807, 2.05) is 32.0 Å². The number of nitrogens with zero attached hydrogens (tertiary/aromatic N) is 1. The van der Waals surface area contributed by atoms with Gasteiger partial charge >= 0.3 is 0 Å². The Labute approximate surface area is 146 Å². The Hall–Kier alpha value is -2.67. The molecule has 0 bridgehead atoms. The first-order valence-corrected chi connectivity index (χ1v) is 9.44. The van der Waals surface area contributed by atoms with Gasteiger partial charge in [0.1, 0.15) is 0 Å². The van der Waals surface area contributed by atoms with E-state index in [0.29, 0.717) is 5.56 Å². The van der Waals surface area contributed by atoms with Crippen LogP contribution in [0.1, 0.15) is 27.9 Å². The molecular formula is C18H18N2O4S. The second-order valence-corrected chi connectivity index (χ2v) is 7.93. The van der Waals surface area contributed by atoms with Crippen molar-refractivity contribution >= 4 is 33.2 Å².